The Kier molecular flexibility index (Phi) is 7.44. The van der Waals surface area contributed by atoms with Gasteiger partial charge in [0.1, 0.15) is 26.4 Å². The molecular weight excluding hydrogens is 352 g/mol. The molecule has 1 aliphatic heterocycles. The number of phenols is 1. The molecule has 7 nitrogen and oxygen atoms in total. The highest BCUT2D eigenvalue weighted by Gasteiger charge is 2.11. The second-order valence-corrected chi connectivity index (χ2v) is 5.67. The summed E-state index contributed by atoms with van der Waals surface area (Å²) in [7, 11) is 0. The van der Waals surface area contributed by atoms with Crippen molar-refractivity contribution in [1.29, 1.82) is 0 Å². The van der Waals surface area contributed by atoms with Crippen LogP contribution >= 0.6 is 0 Å². The predicted molar refractivity (Wildman–Crippen MR) is 98.2 cm³/mol. The maximum atomic E-state index is 9.99. The van der Waals surface area contributed by atoms with Gasteiger partial charge in [-0.15, -0.1) is 0 Å². The Morgan fingerprint density at radius 3 is 1.59 bits per heavy atom. The number of hydrogen-bond donors (Lipinski definition) is 1. The van der Waals surface area contributed by atoms with Crippen molar-refractivity contribution in [2.45, 2.75) is 0 Å². The number of hydrogen-bond acceptors (Lipinski definition) is 7. The highest BCUT2D eigenvalue weighted by molar-refractivity contribution is 5.50. The zero-order valence-electron chi connectivity index (χ0n) is 15.1. The molecule has 0 fully saturated rings. The van der Waals surface area contributed by atoms with E-state index in [1.807, 2.05) is 24.3 Å². The van der Waals surface area contributed by atoms with Crippen LogP contribution < -0.4 is 18.9 Å². The SMILES string of the molecule is Oc1cccc2c1OCCOCCOc1ccccc1OCCOCCO2. The number of benzene rings is 2. The summed E-state index contributed by atoms with van der Waals surface area (Å²) in [4.78, 5) is 0. The van der Waals surface area contributed by atoms with Crippen LogP contribution in [0.1, 0.15) is 0 Å². The molecule has 1 N–H and O–H groups in total. The van der Waals surface area contributed by atoms with Crippen LogP contribution in [0.2, 0.25) is 0 Å². The first-order valence-corrected chi connectivity index (χ1v) is 8.92. The van der Waals surface area contributed by atoms with Gasteiger partial charge in [-0.05, 0) is 24.3 Å². The molecule has 0 atom stereocenters. The summed E-state index contributed by atoms with van der Waals surface area (Å²) in [6.07, 6.45) is 0. The lowest BCUT2D eigenvalue weighted by Gasteiger charge is -2.16. The van der Waals surface area contributed by atoms with Crippen LogP contribution in [0, 0.1) is 0 Å². The molecule has 1 aliphatic rings. The molecule has 0 saturated heterocycles. The van der Waals surface area contributed by atoms with E-state index in [2.05, 4.69) is 0 Å². The van der Waals surface area contributed by atoms with Crippen LogP contribution in [0.4, 0.5) is 0 Å². The van der Waals surface area contributed by atoms with Crippen molar-refractivity contribution in [1.82, 2.24) is 0 Å². The summed E-state index contributed by atoms with van der Waals surface area (Å²) in [5.41, 5.74) is 0. The molecule has 0 unspecified atom stereocenters. The van der Waals surface area contributed by atoms with Gasteiger partial charge in [-0.2, -0.15) is 0 Å². The summed E-state index contributed by atoms with van der Waals surface area (Å²) in [5.74, 6) is 2.13. The third kappa shape index (κ3) is 5.94. The molecule has 27 heavy (non-hydrogen) atoms. The Hall–Kier alpha value is -2.64. The van der Waals surface area contributed by atoms with Gasteiger partial charge in [-0.1, -0.05) is 18.2 Å². The van der Waals surface area contributed by atoms with Crippen molar-refractivity contribution in [2.24, 2.45) is 0 Å². The van der Waals surface area contributed by atoms with Crippen LogP contribution in [-0.4, -0.2) is 58.0 Å². The van der Waals surface area contributed by atoms with Gasteiger partial charge in [-0.3, -0.25) is 0 Å². The third-order valence-electron chi connectivity index (χ3n) is 3.74. The molecule has 146 valence electrons. The normalized spacial score (nSPS) is 16.7. The van der Waals surface area contributed by atoms with Gasteiger partial charge < -0.3 is 33.5 Å². The lowest BCUT2D eigenvalue weighted by atomic mass is 10.3. The summed E-state index contributed by atoms with van der Waals surface area (Å²) in [6, 6.07) is 12.5. The molecule has 1 heterocycles. The Morgan fingerprint density at radius 1 is 0.519 bits per heavy atom. The second kappa shape index (κ2) is 10.5. The van der Waals surface area contributed by atoms with Crippen LogP contribution in [0.15, 0.2) is 42.5 Å². The van der Waals surface area contributed by atoms with Crippen molar-refractivity contribution < 1.29 is 33.5 Å². The van der Waals surface area contributed by atoms with Crippen molar-refractivity contribution in [3.8, 4) is 28.7 Å². The van der Waals surface area contributed by atoms with E-state index in [1.54, 1.807) is 18.2 Å². The minimum atomic E-state index is 0.0242. The lowest BCUT2D eigenvalue weighted by Crippen LogP contribution is -2.15. The number of ether oxygens (including phenoxy) is 6. The highest BCUT2D eigenvalue weighted by atomic mass is 16.6. The Morgan fingerprint density at radius 2 is 1.00 bits per heavy atom. The summed E-state index contributed by atoms with van der Waals surface area (Å²) in [5, 5.41) is 9.99. The Balaban J connectivity index is 1.59. The molecule has 0 radical (unpaired) electrons. The van der Waals surface area contributed by atoms with E-state index in [0.29, 0.717) is 69.2 Å². The smallest absolute Gasteiger partial charge is 0.203 e. The quantitative estimate of drug-likeness (QED) is 0.757. The van der Waals surface area contributed by atoms with Crippen molar-refractivity contribution in [3.63, 3.8) is 0 Å². The van der Waals surface area contributed by atoms with Crippen LogP contribution in [0.5, 0.6) is 28.7 Å². The number of aromatic hydroxyl groups is 1. The molecule has 2 aromatic carbocycles. The van der Waals surface area contributed by atoms with E-state index in [1.165, 1.54) is 0 Å². The predicted octanol–water partition coefficient (Wildman–Crippen LogP) is 2.65. The molecule has 0 saturated carbocycles. The minimum Gasteiger partial charge on any atom is -0.504 e. The summed E-state index contributed by atoms with van der Waals surface area (Å²) < 4.78 is 33.8. The first kappa shape index (κ1) is 19.1. The largest absolute Gasteiger partial charge is 0.504 e. The zero-order chi connectivity index (χ0) is 18.7. The maximum absolute atomic E-state index is 9.99. The third-order valence-corrected chi connectivity index (χ3v) is 3.74. The summed E-state index contributed by atoms with van der Waals surface area (Å²) >= 11 is 0. The number of phenolic OH excluding ortho intramolecular Hbond substituents is 1. The standard InChI is InChI=1S/C20H24O7/c21-16-4-3-7-19-20(16)27-15-11-23-9-13-25-18-6-2-1-5-17(18)24-12-8-22-10-14-26-19/h1-7,21H,8-15H2. The van der Waals surface area contributed by atoms with E-state index in [9.17, 15) is 5.11 Å². The molecule has 0 aromatic heterocycles. The Bertz CT molecular complexity index is 704. The van der Waals surface area contributed by atoms with Gasteiger partial charge in [0.15, 0.2) is 23.0 Å². The first-order valence-electron chi connectivity index (χ1n) is 8.92. The van der Waals surface area contributed by atoms with Gasteiger partial charge >= 0.3 is 0 Å². The fraction of sp³-hybridized carbons (Fsp3) is 0.400. The van der Waals surface area contributed by atoms with Gasteiger partial charge in [0.05, 0.1) is 26.4 Å². The number of para-hydroxylation sites is 3. The minimum absolute atomic E-state index is 0.0242. The van der Waals surface area contributed by atoms with E-state index >= 15 is 0 Å². The molecule has 3 rings (SSSR count). The topological polar surface area (TPSA) is 75.6 Å². The van der Waals surface area contributed by atoms with Crippen LogP contribution in [0.3, 0.4) is 0 Å². The van der Waals surface area contributed by atoms with E-state index in [-0.39, 0.29) is 12.4 Å². The van der Waals surface area contributed by atoms with Crippen LogP contribution in [-0.2, 0) is 9.47 Å². The lowest BCUT2D eigenvalue weighted by molar-refractivity contribution is 0.0634. The van der Waals surface area contributed by atoms with Crippen molar-refractivity contribution in [3.05, 3.63) is 42.5 Å². The average molecular weight is 376 g/mol. The fourth-order valence-electron chi connectivity index (χ4n) is 2.49. The van der Waals surface area contributed by atoms with Gasteiger partial charge in [0, 0.05) is 0 Å². The monoisotopic (exact) mass is 376 g/mol. The maximum Gasteiger partial charge on any atom is 0.203 e. The molecule has 2 aromatic rings. The number of rotatable bonds is 0. The molecule has 0 aliphatic carbocycles. The molecular formula is C20H24O7. The van der Waals surface area contributed by atoms with Crippen molar-refractivity contribution in [2.75, 3.05) is 52.9 Å². The zero-order valence-corrected chi connectivity index (χ0v) is 15.1. The first-order chi connectivity index (χ1) is 13.3. The molecule has 0 spiro atoms. The van der Waals surface area contributed by atoms with E-state index in [0.717, 1.165) is 0 Å². The van der Waals surface area contributed by atoms with Crippen LogP contribution in [0.25, 0.3) is 0 Å². The van der Waals surface area contributed by atoms with E-state index < -0.39 is 0 Å². The highest BCUT2D eigenvalue weighted by Crippen LogP contribution is 2.36. The van der Waals surface area contributed by atoms with Gasteiger partial charge in [0.2, 0.25) is 5.75 Å². The van der Waals surface area contributed by atoms with Gasteiger partial charge in [-0.25, -0.2) is 0 Å². The molecule has 7 heteroatoms. The Labute approximate surface area is 158 Å². The average Bonchev–Trinajstić information content (AvgIpc) is 2.68. The molecule has 0 amide bonds. The fourth-order valence-corrected chi connectivity index (χ4v) is 2.49. The molecule has 0 bridgehead atoms. The second-order valence-electron chi connectivity index (χ2n) is 5.67. The van der Waals surface area contributed by atoms with Crippen molar-refractivity contribution >= 4 is 0 Å². The van der Waals surface area contributed by atoms with Gasteiger partial charge in [0.25, 0.3) is 0 Å². The summed E-state index contributed by atoms with van der Waals surface area (Å²) in [6.45, 7) is 2.98. The van der Waals surface area contributed by atoms with E-state index in [4.69, 9.17) is 28.4 Å². The number of fused-ring (bicyclic) bond motifs is 2.